The lowest BCUT2D eigenvalue weighted by Crippen LogP contribution is -1.99. The molecular weight excluding hydrogens is 96.1 g/mol. The molecule has 0 aromatic heterocycles. The Morgan fingerprint density at radius 2 is 1.62 bits per heavy atom. The minimum absolute atomic E-state index is 0.981. The van der Waals surface area contributed by atoms with Crippen LogP contribution in [0.2, 0.25) is 0 Å². The summed E-state index contributed by atoms with van der Waals surface area (Å²) in [6.07, 6.45) is 5.86. The second kappa shape index (κ2) is 2.52. The van der Waals surface area contributed by atoms with Crippen LogP contribution in [-0.2, 0) is 0 Å². The van der Waals surface area contributed by atoms with Crippen molar-refractivity contribution in [3.8, 4) is 0 Å². The van der Waals surface area contributed by atoms with Crippen molar-refractivity contribution < 1.29 is 0 Å². The molecule has 1 radical (unpaired) electrons. The van der Waals surface area contributed by atoms with Gasteiger partial charge < -0.3 is 0 Å². The molecule has 0 aliphatic heterocycles. The average Bonchev–Trinajstić information content (AvgIpc) is 2.12. The third kappa shape index (κ3) is 1.24. The Morgan fingerprint density at radius 1 is 1.12 bits per heavy atom. The predicted molar refractivity (Wildman–Crippen MR) is 36.5 cm³/mol. The summed E-state index contributed by atoms with van der Waals surface area (Å²) >= 11 is 0. The zero-order valence-electron chi connectivity index (χ0n) is 5.91. The quantitative estimate of drug-likeness (QED) is 0.488. The van der Waals surface area contributed by atoms with Gasteiger partial charge in [-0.05, 0) is 24.7 Å². The van der Waals surface area contributed by atoms with E-state index in [9.17, 15) is 0 Å². The Hall–Kier alpha value is 0. The molecule has 0 heteroatoms. The van der Waals surface area contributed by atoms with E-state index in [2.05, 4.69) is 13.8 Å². The molecule has 1 aliphatic rings. The summed E-state index contributed by atoms with van der Waals surface area (Å²) in [7, 11) is 0. The maximum absolute atomic E-state index is 2.26. The third-order valence-electron chi connectivity index (χ3n) is 2.17. The summed E-state index contributed by atoms with van der Waals surface area (Å²) in [5.41, 5.74) is 0. The van der Waals surface area contributed by atoms with E-state index in [1.54, 1.807) is 5.92 Å². The van der Waals surface area contributed by atoms with Crippen molar-refractivity contribution in [3.63, 3.8) is 0 Å². The molecule has 0 bridgehead atoms. The van der Waals surface area contributed by atoms with E-state index in [-0.39, 0.29) is 0 Å². The van der Waals surface area contributed by atoms with Crippen molar-refractivity contribution in [2.75, 3.05) is 0 Å². The lowest BCUT2D eigenvalue weighted by Gasteiger charge is -2.10. The highest BCUT2D eigenvalue weighted by molar-refractivity contribution is 4.89. The lowest BCUT2D eigenvalue weighted by molar-refractivity contribution is 0.570. The molecule has 1 aliphatic carbocycles. The van der Waals surface area contributed by atoms with E-state index in [0.717, 1.165) is 5.92 Å². The Kier molecular flexibility index (Phi) is 1.93. The molecule has 47 valence electrons. The Bertz CT molecular complexity index is 58.4. The van der Waals surface area contributed by atoms with Crippen molar-refractivity contribution in [2.24, 2.45) is 5.92 Å². The number of hydrogen-bond acceptors (Lipinski definition) is 0. The highest BCUT2D eigenvalue weighted by atomic mass is 14.2. The van der Waals surface area contributed by atoms with Gasteiger partial charge in [0.05, 0.1) is 0 Å². The molecule has 1 saturated carbocycles. The van der Waals surface area contributed by atoms with Crippen LogP contribution >= 0.6 is 0 Å². The summed E-state index contributed by atoms with van der Waals surface area (Å²) < 4.78 is 0. The van der Waals surface area contributed by atoms with Gasteiger partial charge in [0.15, 0.2) is 0 Å². The van der Waals surface area contributed by atoms with E-state index >= 15 is 0 Å². The van der Waals surface area contributed by atoms with Crippen molar-refractivity contribution in [2.45, 2.75) is 39.5 Å². The Labute approximate surface area is 52.3 Å². The molecule has 1 rings (SSSR count). The molecule has 0 unspecified atom stereocenters. The van der Waals surface area contributed by atoms with Crippen LogP contribution in [0.1, 0.15) is 39.5 Å². The van der Waals surface area contributed by atoms with E-state index in [4.69, 9.17) is 0 Å². The van der Waals surface area contributed by atoms with Gasteiger partial charge in [-0.3, -0.25) is 0 Å². The van der Waals surface area contributed by atoms with Crippen LogP contribution in [0.15, 0.2) is 0 Å². The fourth-order valence-corrected chi connectivity index (χ4v) is 1.50. The van der Waals surface area contributed by atoms with Crippen LogP contribution in [0.4, 0.5) is 0 Å². The molecule has 0 amide bonds. The highest BCUT2D eigenvalue weighted by Crippen LogP contribution is 2.31. The first-order valence-corrected chi connectivity index (χ1v) is 3.61. The second-order valence-corrected chi connectivity index (χ2v) is 3.06. The summed E-state index contributed by atoms with van der Waals surface area (Å²) in [6.45, 7) is 4.52. The van der Waals surface area contributed by atoms with Crippen LogP contribution in [0.5, 0.6) is 0 Å². The maximum Gasteiger partial charge on any atom is -0.0272 e. The fourth-order valence-electron chi connectivity index (χ4n) is 1.50. The van der Waals surface area contributed by atoms with Crippen molar-refractivity contribution >= 4 is 0 Å². The van der Waals surface area contributed by atoms with Gasteiger partial charge in [0.2, 0.25) is 0 Å². The molecule has 0 aromatic rings. The van der Waals surface area contributed by atoms with Gasteiger partial charge in [-0.1, -0.05) is 26.7 Å². The zero-order chi connectivity index (χ0) is 5.98. The molecule has 0 saturated heterocycles. The topological polar surface area (TPSA) is 0 Å². The number of rotatable bonds is 1. The Morgan fingerprint density at radius 3 is 1.88 bits per heavy atom. The van der Waals surface area contributed by atoms with E-state index in [1.807, 2.05) is 0 Å². The monoisotopic (exact) mass is 111 g/mol. The maximum atomic E-state index is 2.26. The first kappa shape index (κ1) is 6.12. The summed E-state index contributed by atoms with van der Waals surface area (Å²) in [5.74, 6) is 2.62. The van der Waals surface area contributed by atoms with E-state index in [0.29, 0.717) is 0 Å². The molecule has 8 heavy (non-hydrogen) atoms. The summed E-state index contributed by atoms with van der Waals surface area (Å²) in [6, 6.07) is 0. The Balaban J connectivity index is 2.24. The number of hydrogen-bond donors (Lipinski definition) is 0. The molecule has 0 atom stereocenters. The van der Waals surface area contributed by atoms with Gasteiger partial charge in [0, 0.05) is 0 Å². The van der Waals surface area contributed by atoms with Gasteiger partial charge in [-0.25, -0.2) is 0 Å². The average molecular weight is 111 g/mol. The van der Waals surface area contributed by atoms with Crippen LogP contribution in [0.3, 0.4) is 0 Å². The van der Waals surface area contributed by atoms with Crippen LogP contribution in [-0.4, -0.2) is 0 Å². The van der Waals surface area contributed by atoms with Gasteiger partial charge in [0.1, 0.15) is 0 Å². The summed E-state index contributed by atoms with van der Waals surface area (Å²) in [4.78, 5) is 0. The van der Waals surface area contributed by atoms with Crippen molar-refractivity contribution in [3.05, 3.63) is 5.92 Å². The molecule has 0 N–H and O–H groups in total. The minimum atomic E-state index is 0.981. The standard InChI is InChI=1S/C8H15/c1-7(2)8-5-3-4-6-8/h8H,3-6H2,1-2H3. The summed E-state index contributed by atoms with van der Waals surface area (Å²) in [5, 5.41) is 0. The minimum Gasteiger partial charge on any atom is -0.0591 e. The van der Waals surface area contributed by atoms with Gasteiger partial charge >= 0.3 is 0 Å². The van der Waals surface area contributed by atoms with Gasteiger partial charge in [-0.2, -0.15) is 0 Å². The predicted octanol–water partition coefficient (Wildman–Crippen LogP) is 2.79. The van der Waals surface area contributed by atoms with Crippen molar-refractivity contribution in [1.82, 2.24) is 0 Å². The molecule has 1 fully saturated rings. The van der Waals surface area contributed by atoms with Crippen molar-refractivity contribution in [1.29, 1.82) is 0 Å². The molecule has 0 heterocycles. The second-order valence-electron chi connectivity index (χ2n) is 3.06. The zero-order valence-corrected chi connectivity index (χ0v) is 5.91. The molecule has 0 spiro atoms. The first-order valence-electron chi connectivity index (χ1n) is 3.61. The fraction of sp³-hybridized carbons (Fsp3) is 0.875. The highest BCUT2D eigenvalue weighted by Gasteiger charge is 2.17. The largest absolute Gasteiger partial charge is 0.0591 e. The lowest BCUT2D eigenvalue weighted by atomic mass is 9.95. The molecule has 0 aromatic carbocycles. The molecular formula is C8H15. The smallest absolute Gasteiger partial charge is 0.0272 e. The van der Waals surface area contributed by atoms with Crippen LogP contribution in [0.25, 0.3) is 0 Å². The van der Waals surface area contributed by atoms with Gasteiger partial charge in [0.25, 0.3) is 0 Å². The van der Waals surface area contributed by atoms with E-state index < -0.39 is 0 Å². The van der Waals surface area contributed by atoms with Crippen LogP contribution in [0, 0.1) is 11.8 Å². The normalized spacial score (nSPS) is 22.9. The third-order valence-corrected chi connectivity index (χ3v) is 2.17. The van der Waals surface area contributed by atoms with Gasteiger partial charge in [-0.15, -0.1) is 0 Å². The van der Waals surface area contributed by atoms with Crippen LogP contribution < -0.4 is 0 Å². The van der Waals surface area contributed by atoms with E-state index in [1.165, 1.54) is 25.7 Å². The first-order chi connectivity index (χ1) is 3.80. The SMILES string of the molecule is C[C](C)C1CCCC1. The molecule has 0 nitrogen and oxygen atoms in total.